The highest BCUT2D eigenvalue weighted by Crippen LogP contribution is 2.29. The number of nitrogens with one attached hydrogen (secondary N) is 1. The van der Waals surface area contributed by atoms with Crippen LogP contribution in [0.15, 0.2) is 28.6 Å². The first-order valence-corrected chi connectivity index (χ1v) is 9.09. The van der Waals surface area contributed by atoms with E-state index in [1.165, 1.54) is 30.2 Å². The van der Waals surface area contributed by atoms with E-state index in [-0.39, 0.29) is 5.91 Å². The van der Waals surface area contributed by atoms with Gasteiger partial charge in [0.25, 0.3) is 0 Å². The van der Waals surface area contributed by atoms with E-state index in [9.17, 15) is 4.79 Å². The minimum absolute atomic E-state index is 0.0215. The Balaban J connectivity index is 1.49. The number of carbonyl (C=O) groups excluding carboxylic acids is 1. The molecule has 116 valence electrons. The van der Waals surface area contributed by atoms with Crippen LogP contribution in [0.25, 0.3) is 0 Å². The molecule has 2 heterocycles. The van der Waals surface area contributed by atoms with Crippen molar-refractivity contribution in [2.75, 3.05) is 29.1 Å². The molecule has 0 spiro atoms. The second-order valence-electron chi connectivity index (χ2n) is 5.25. The fraction of sp³-hybridized carbons (Fsp3) is 0.400. The van der Waals surface area contributed by atoms with Gasteiger partial charge in [-0.05, 0) is 31.9 Å². The molecule has 1 aliphatic rings. The third-order valence-electron chi connectivity index (χ3n) is 3.43. The summed E-state index contributed by atoms with van der Waals surface area (Å²) in [6, 6.07) is 7.79. The van der Waals surface area contributed by atoms with Gasteiger partial charge < -0.3 is 10.2 Å². The number of aryl methyl sites for hydroxylation is 1. The predicted octanol–water partition coefficient (Wildman–Crippen LogP) is 3.18. The molecule has 3 rings (SSSR count). The number of aromatic nitrogens is 2. The van der Waals surface area contributed by atoms with E-state index in [0.717, 1.165) is 28.2 Å². The molecule has 0 saturated carbocycles. The lowest BCUT2D eigenvalue weighted by molar-refractivity contribution is -0.113. The van der Waals surface area contributed by atoms with Crippen LogP contribution < -0.4 is 10.2 Å². The normalized spacial score (nSPS) is 14.3. The maximum atomic E-state index is 11.9. The van der Waals surface area contributed by atoms with Crippen LogP contribution in [-0.4, -0.2) is 34.9 Å². The Bertz CT molecular complexity index is 635. The highest BCUT2D eigenvalue weighted by Gasteiger charge is 2.17. The van der Waals surface area contributed by atoms with Crippen LogP contribution in [0.2, 0.25) is 0 Å². The van der Waals surface area contributed by atoms with Crippen molar-refractivity contribution in [2.45, 2.75) is 24.1 Å². The molecule has 1 N–H and O–H groups in total. The summed E-state index contributed by atoms with van der Waals surface area (Å²) in [6.45, 7) is 4.15. The van der Waals surface area contributed by atoms with Crippen LogP contribution in [0.4, 0.5) is 10.8 Å². The standard InChI is InChI=1S/C15H18N4OS2/c1-11-4-6-12(7-5-11)16-13(20)10-21-15-18-17-14(22-15)19-8-2-3-9-19/h4-7H,2-3,8-10H2,1H3,(H,16,20). The zero-order chi connectivity index (χ0) is 15.4. The van der Waals surface area contributed by atoms with Crippen molar-refractivity contribution in [3.05, 3.63) is 29.8 Å². The molecule has 1 amide bonds. The van der Waals surface area contributed by atoms with E-state index in [4.69, 9.17) is 0 Å². The lowest BCUT2D eigenvalue weighted by atomic mass is 10.2. The molecule has 1 saturated heterocycles. The molecule has 1 aromatic carbocycles. The molecule has 2 aromatic rings. The molecule has 0 atom stereocenters. The van der Waals surface area contributed by atoms with Gasteiger partial charge in [-0.2, -0.15) is 0 Å². The molecule has 0 unspecified atom stereocenters. The van der Waals surface area contributed by atoms with E-state index >= 15 is 0 Å². The van der Waals surface area contributed by atoms with E-state index in [0.29, 0.717) is 5.75 Å². The first-order chi connectivity index (χ1) is 10.7. The molecule has 22 heavy (non-hydrogen) atoms. The highest BCUT2D eigenvalue weighted by molar-refractivity contribution is 8.01. The number of benzene rings is 1. The van der Waals surface area contributed by atoms with Crippen LogP contribution in [0.3, 0.4) is 0 Å². The smallest absolute Gasteiger partial charge is 0.234 e. The molecule has 0 bridgehead atoms. The van der Waals surface area contributed by atoms with Crippen molar-refractivity contribution in [2.24, 2.45) is 0 Å². The van der Waals surface area contributed by atoms with Crippen molar-refractivity contribution < 1.29 is 4.79 Å². The van der Waals surface area contributed by atoms with Gasteiger partial charge in [0.2, 0.25) is 11.0 Å². The van der Waals surface area contributed by atoms with Crippen LogP contribution in [0.5, 0.6) is 0 Å². The molecule has 7 heteroatoms. The van der Waals surface area contributed by atoms with Gasteiger partial charge in [0, 0.05) is 18.8 Å². The van der Waals surface area contributed by atoms with Crippen LogP contribution >= 0.6 is 23.1 Å². The number of amides is 1. The predicted molar refractivity (Wildman–Crippen MR) is 91.9 cm³/mol. The number of anilines is 2. The quantitative estimate of drug-likeness (QED) is 0.851. The maximum absolute atomic E-state index is 11.9. The number of rotatable bonds is 5. The molecular formula is C15H18N4OS2. The lowest BCUT2D eigenvalue weighted by Gasteiger charge is -2.10. The largest absolute Gasteiger partial charge is 0.347 e. The number of nitrogens with zero attached hydrogens (tertiary/aromatic N) is 3. The summed E-state index contributed by atoms with van der Waals surface area (Å²) in [6.07, 6.45) is 2.45. The minimum atomic E-state index is -0.0215. The van der Waals surface area contributed by atoms with Gasteiger partial charge in [0.1, 0.15) is 0 Å². The van der Waals surface area contributed by atoms with Gasteiger partial charge in [0.05, 0.1) is 5.75 Å². The Morgan fingerprint density at radius 3 is 2.73 bits per heavy atom. The third kappa shape index (κ3) is 3.98. The summed E-state index contributed by atoms with van der Waals surface area (Å²) in [5.74, 6) is 0.328. The summed E-state index contributed by atoms with van der Waals surface area (Å²) in [4.78, 5) is 14.2. The first kappa shape index (κ1) is 15.3. The molecule has 1 aliphatic heterocycles. The van der Waals surface area contributed by atoms with Gasteiger partial charge in [0.15, 0.2) is 4.34 Å². The number of carbonyl (C=O) groups is 1. The van der Waals surface area contributed by atoms with Crippen molar-refractivity contribution in [3.8, 4) is 0 Å². The SMILES string of the molecule is Cc1ccc(NC(=O)CSc2nnc(N3CCCC3)s2)cc1. The Labute approximate surface area is 138 Å². The van der Waals surface area contributed by atoms with Gasteiger partial charge in [-0.15, -0.1) is 10.2 Å². The Hall–Kier alpha value is -1.60. The number of hydrogen-bond donors (Lipinski definition) is 1. The average Bonchev–Trinajstić information content (AvgIpc) is 3.18. The van der Waals surface area contributed by atoms with Crippen molar-refractivity contribution in [1.82, 2.24) is 10.2 Å². The molecule has 1 fully saturated rings. The molecule has 1 aromatic heterocycles. The summed E-state index contributed by atoms with van der Waals surface area (Å²) in [5, 5.41) is 12.2. The molecule has 0 radical (unpaired) electrons. The zero-order valence-electron chi connectivity index (χ0n) is 12.4. The van der Waals surface area contributed by atoms with Gasteiger partial charge in [-0.25, -0.2) is 0 Å². The minimum Gasteiger partial charge on any atom is -0.347 e. The summed E-state index contributed by atoms with van der Waals surface area (Å²) < 4.78 is 0.848. The highest BCUT2D eigenvalue weighted by atomic mass is 32.2. The van der Waals surface area contributed by atoms with Crippen LogP contribution in [0, 0.1) is 6.92 Å². The molecule has 0 aliphatic carbocycles. The summed E-state index contributed by atoms with van der Waals surface area (Å²) in [7, 11) is 0. The number of thioether (sulfide) groups is 1. The van der Waals surface area contributed by atoms with Crippen molar-refractivity contribution in [3.63, 3.8) is 0 Å². The zero-order valence-corrected chi connectivity index (χ0v) is 14.0. The van der Waals surface area contributed by atoms with E-state index in [2.05, 4.69) is 20.4 Å². The Kier molecular flexibility index (Phi) is 4.94. The molecule has 5 nitrogen and oxygen atoms in total. The topological polar surface area (TPSA) is 58.1 Å². The number of hydrogen-bond acceptors (Lipinski definition) is 6. The van der Waals surface area contributed by atoms with Gasteiger partial charge in [-0.1, -0.05) is 40.8 Å². The van der Waals surface area contributed by atoms with Crippen molar-refractivity contribution >= 4 is 39.8 Å². The van der Waals surface area contributed by atoms with Gasteiger partial charge >= 0.3 is 0 Å². The Morgan fingerprint density at radius 2 is 2.00 bits per heavy atom. The fourth-order valence-corrected chi connectivity index (χ4v) is 3.95. The second kappa shape index (κ2) is 7.11. The lowest BCUT2D eigenvalue weighted by Crippen LogP contribution is -2.17. The molecular weight excluding hydrogens is 316 g/mol. The third-order valence-corrected chi connectivity index (χ3v) is 5.55. The second-order valence-corrected chi connectivity index (χ2v) is 7.43. The van der Waals surface area contributed by atoms with Crippen LogP contribution in [-0.2, 0) is 4.79 Å². The van der Waals surface area contributed by atoms with Crippen LogP contribution in [0.1, 0.15) is 18.4 Å². The Morgan fingerprint density at radius 1 is 1.27 bits per heavy atom. The maximum Gasteiger partial charge on any atom is 0.234 e. The van der Waals surface area contributed by atoms with E-state index in [1.54, 1.807) is 11.3 Å². The monoisotopic (exact) mass is 334 g/mol. The summed E-state index contributed by atoms with van der Waals surface area (Å²) in [5.41, 5.74) is 2.00. The summed E-state index contributed by atoms with van der Waals surface area (Å²) >= 11 is 3.00. The first-order valence-electron chi connectivity index (χ1n) is 7.28. The average molecular weight is 334 g/mol. The van der Waals surface area contributed by atoms with Crippen molar-refractivity contribution in [1.29, 1.82) is 0 Å². The van der Waals surface area contributed by atoms with Gasteiger partial charge in [-0.3, -0.25) is 4.79 Å². The van der Waals surface area contributed by atoms with E-state index < -0.39 is 0 Å². The van der Waals surface area contributed by atoms with E-state index in [1.807, 2.05) is 31.2 Å². The fourth-order valence-electron chi connectivity index (χ4n) is 2.26.